The van der Waals surface area contributed by atoms with E-state index in [1.165, 1.54) is 5.56 Å². The van der Waals surface area contributed by atoms with Gasteiger partial charge in [-0.3, -0.25) is 4.68 Å². The van der Waals surface area contributed by atoms with Gasteiger partial charge in [0.1, 0.15) is 0 Å². The number of hydrogen-bond acceptors (Lipinski definition) is 2. The van der Waals surface area contributed by atoms with Crippen molar-refractivity contribution in [2.75, 3.05) is 0 Å². The Labute approximate surface area is 117 Å². The lowest BCUT2D eigenvalue weighted by Gasteiger charge is -2.42. The molecule has 1 N–H and O–H groups in total. The van der Waals surface area contributed by atoms with Crippen LogP contribution in [0.3, 0.4) is 0 Å². The predicted molar refractivity (Wildman–Crippen MR) is 78.1 cm³/mol. The van der Waals surface area contributed by atoms with Crippen LogP contribution in [0.1, 0.15) is 65.0 Å². The fourth-order valence-electron chi connectivity index (χ4n) is 3.40. The molecule has 1 aliphatic rings. The Morgan fingerprint density at radius 3 is 2.74 bits per heavy atom. The van der Waals surface area contributed by atoms with Crippen molar-refractivity contribution < 1.29 is 5.11 Å². The molecule has 19 heavy (non-hydrogen) atoms. The summed E-state index contributed by atoms with van der Waals surface area (Å²) < 4.78 is 2.11. The van der Waals surface area contributed by atoms with Crippen LogP contribution >= 0.6 is 0 Å². The maximum Gasteiger partial charge on any atom is 0.0577 e. The standard InChI is InChI=1S/C16H28N2O/c1-5-6-12-10-17-18(11-12)15-9-13(19)7-8-14(15)16(2,3)4/h10-11,13-15,19H,5-9H2,1-4H3. The molecule has 0 spiro atoms. The number of nitrogens with zero attached hydrogens (tertiary/aromatic N) is 2. The first-order chi connectivity index (χ1) is 8.91. The Balaban J connectivity index is 2.21. The average Bonchev–Trinajstić information content (AvgIpc) is 2.76. The summed E-state index contributed by atoms with van der Waals surface area (Å²) >= 11 is 0. The highest BCUT2D eigenvalue weighted by atomic mass is 16.3. The molecular formula is C16H28N2O. The molecule has 0 amide bonds. The van der Waals surface area contributed by atoms with Crippen LogP contribution in [0.4, 0.5) is 0 Å². The average molecular weight is 264 g/mol. The minimum atomic E-state index is -0.164. The van der Waals surface area contributed by atoms with Crippen LogP contribution in [0.25, 0.3) is 0 Å². The third-order valence-electron chi connectivity index (χ3n) is 4.43. The highest BCUT2D eigenvalue weighted by Crippen LogP contribution is 2.44. The molecule has 1 aromatic heterocycles. The Hall–Kier alpha value is -0.830. The summed E-state index contributed by atoms with van der Waals surface area (Å²) in [5.41, 5.74) is 1.58. The number of rotatable bonds is 3. The van der Waals surface area contributed by atoms with E-state index in [1.807, 2.05) is 6.20 Å². The van der Waals surface area contributed by atoms with Crippen LogP contribution in [0.5, 0.6) is 0 Å². The van der Waals surface area contributed by atoms with E-state index < -0.39 is 0 Å². The van der Waals surface area contributed by atoms with Gasteiger partial charge in [-0.15, -0.1) is 0 Å². The highest BCUT2D eigenvalue weighted by Gasteiger charge is 2.38. The maximum atomic E-state index is 9.99. The van der Waals surface area contributed by atoms with Crippen molar-refractivity contribution >= 4 is 0 Å². The van der Waals surface area contributed by atoms with Gasteiger partial charge in [0.2, 0.25) is 0 Å². The first kappa shape index (κ1) is 14.6. The molecule has 108 valence electrons. The summed E-state index contributed by atoms with van der Waals surface area (Å²) in [7, 11) is 0. The van der Waals surface area contributed by atoms with Crippen LogP contribution in [0, 0.1) is 11.3 Å². The highest BCUT2D eigenvalue weighted by molar-refractivity contribution is 5.05. The molecular weight excluding hydrogens is 236 g/mol. The molecule has 3 unspecified atom stereocenters. The Kier molecular flexibility index (Phi) is 4.34. The smallest absolute Gasteiger partial charge is 0.0577 e. The van der Waals surface area contributed by atoms with Crippen molar-refractivity contribution in [3.63, 3.8) is 0 Å². The molecule has 1 aromatic rings. The van der Waals surface area contributed by atoms with E-state index in [1.54, 1.807) is 0 Å². The zero-order valence-electron chi connectivity index (χ0n) is 12.8. The van der Waals surface area contributed by atoms with Crippen molar-refractivity contribution in [2.24, 2.45) is 11.3 Å². The lowest BCUT2D eigenvalue weighted by molar-refractivity contribution is 0.0254. The lowest BCUT2D eigenvalue weighted by Crippen LogP contribution is -2.37. The van der Waals surface area contributed by atoms with Crippen molar-refractivity contribution in [3.8, 4) is 0 Å². The van der Waals surface area contributed by atoms with Crippen molar-refractivity contribution in [1.29, 1.82) is 0 Å². The second-order valence-corrected chi connectivity index (χ2v) is 7.09. The molecule has 1 aliphatic carbocycles. The second kappa shape index (κ2) is 5.66. The van der Waals surface area contributed by atoms with Gasteiger partial charge in [-0.05, 0) is 42.6 Å². The van der Waals surface area contributed by atoms with Gasteiger partial charge in [0.15, 0.2) is 0 Å². The third-order valence-corrected chi connectivity index (χ3v) is 4.43. The fraction of sp³-hybridized carbons (Fsp3) is 0.812. The van der Waals surface area contributed by atoms with Crippen molar-refractivity contribution in [2.45, 2.75) is 71.9 Å². The van der Waals surface area contributed by atoms with Crippen molar-refractivity contribution in [3.05, 3.63) is 18.0 Å². The van der Waals surface area contributed by atoms with E-state index in [0.717, 1.165) is 32.1 Å². The first-order valence-corrected chi connectivity index (χ1v) is 7.63. The summed E-state index contributed by atoms with van der Waals surface area (Å²) in [6, 6.07) is 0.342. The molecule has 0 bridgehead atoms. The summed E-state index contributed by atoms with van der Waals surface area (Å²) in [6.07, 6.45) is 9.13. The topological polar surface area (TPSA) is 38.0 Å². The summed E-state index contributed by atoms with van der Waals surface area (Å²) in [6.45, 7) is 9.11. The summed E-state index contributed by atoms with van der Waals surface area (Å²) in [4.78, 5) is 0. The van der Waals surface area contributed by atoms with Gasteiger partial charge >= 0.3 is 0 Å². The van der Waals surface area contributed by atoms with Crippen LogP contribution in [0.15, 0.2) is 12.4 Å². The minimum absolute atomic E-state index is 0.164. The van der Waals surface area contributed by atoms with E-state index in [9.17, 15) is 5.11 Å². The number of aromatic nitrogens is 2. The Morgan fingerprint density at radius 1 is 1.37 bits per heavy atom. The fourth-order valence-corrected chi connectivity index (χ4v) is 3.40. The molecule has 0 aliphatic heterocycles. The van der Waals surface area contributed by atoms with Gasteiger partial charge in [0.05, 0.1) is 18.3 Å². The van der Waals surface area contributed by atoms with Gasteiger partial charge in [0.25, 0.3) is 0 Å². The molecule has 0 saturated heterocycles. The molecule has 1 fully saturated rings. The molecule has 1 heterocycles. The second-order valence-electron chi connectivity index (χ2n) is 7.09. The Bertz CT molecular complexity index is 405. The molecule has 1 saturated carbocycles. The predicted octanol–water partition coefficient (Wildman–Crippen LogP) is 3.58. The maximum absolute atomic E-state index is 9.99. The Morgan fingerprint density at radius 2 is 2.11 bits per heavy atom. The van der Waals surface area contributed by atoms with Crippen molar-refractivity contribution in [1.82, 2.24) is 9.78 Å². The number of aliphatic hydroxyl groups excluding tert-OH is 1. The monoisotopic (exact) mass is 264 g/mol. The van der Waals surface area contributed by atoms with Gasteiger partial charge in [-0.25, -0.2) is 0 Å². The summed E-state index contributed by atoms with van der Waals surface area (Å²) in [5, 5.41) is 14.6. The van der Waals surface area contributed by atoms with Gasteiger partial charge < -0.3 is 5.11 Å². The van der Waals surface area contributed by atoms with E-state index in [4.69, 9.17) is 0 Å². The summed E-state index contributed by atoms with van der Waals surface area (Å²) in [5.74, 6) is 0.588. The first-order valence-electron chi connectivity index (χ1n) is 7.63. The van der Waals surface area contributed by atoms with Crippen LogP contribution in [0.2, 0.25) is 0 Å². The van der Waals surface area contributed by atoms with E-state index in [-0.39, 0.29) is 11.5 Å². The van der Waals surface area contributed by atoms with E-state index in [0.29, 0.717) is 12.0 Å². The third kappa shape index (κ3) is 3.38. The zero-order valence-corrected chi connectivity index (χ0v) is 12.8. The van der Waals surface area contributed by atoms with Crippen LogP contribution < -0.4 is 0 Å². The van der Waals surface area contributed by atoms with E-state index >= 15 is 0 Å². The van der Waals surface area contributed by atoms with E-state index in [2.05, 4.69) is 43.7 Å². The van der Waals surface area contributed by atoms with Gasteiger partial charge in [-0.2, -0.15) is 5.10 Å². The number of hydrogen-bond donors (Lipinski definition) is 1. The number of aliphatic hydroxyl groups is 1. The zero-order chi connectivity index (χ0) is 14.0. The largest absolute Gasteiger partial charge is 0.393 e. The molecule has 2 rings (SSSR count). The molecule has 0 radical (unpaired) electrons. The molecule has 3 nitrogen and oxygen atoms in total. The number of aryl methyl sites for hydroxylation is 1. The SMILES string of the molecule is CCCc1cnn(C2CC(O)CCC2C(C)(C)C)c1. The minimum Gasteiger partial charge on any atom is -0.393 e. The molecule has 3 heteroatoms. The normalized spacial score (nSPS) is 28.6. The quantitative estimate of drug-likeness (QED) is 0.906. The van der Waals surface area contributed by atoms with Gasteiger partial charge in [0, 0.05) is 6.20 Å². The van der Waals surface area contributed by atoms with Gasteiger partial charge in [-0.1, -0.05) is 34.1 Å². The van der Waals surface area contributed by atoms with Crippen LogP contribution in [-0.2, 0) is 6.42 Å². The lowest BCUT2D eigenvalue weighted by atomic mass is 9.69. The molecule has 3 atom stereocenters. The molecule has 0 aromatic carbocycles. The van der Waals surface area contributed by atoms with Crippen LogP contribution in [-0.4, -0.2) is 21.0 Å².